The smallest absolute Gasteiger partial charge is 0.260 e. The number of piperidine rings is 1. The number of carbonyl (C=O) groups is 1. The van der Waals surface area contributed by atoms with E-state index in [1.54, 1.807) is 11.3 Å². The predicted molar refractivity (Wildman–Crippen MR) is 107 cm³/mol. The lowest BCUT2D eigenvalue weighted by Gasteiger charge is -2.35. The van der Waals surface area contributed by atoms with Crippen LogP contribution in [-0.4, -0.2) is 51.9 Å². The fourth-order valence-corrected chi connectivity index (χ4v) is 4.04. The molecular weight excluding hydrogens is 378 g/mol. The zero-order valence-corrected chi connectivity index (χ0v) is 16.5. The van der Waals surface area contributed by atoms with E-state index in [2.05, 4.69) is 5.10 Å². The van der Waals surface area contributed by atoms with Gasteiger partial charge in [-0.1, -0.05) is 23.7 Å². The van der Waals surface area contributed by atoms with Gasteiger partial charge in [0.25, 0.3) is 5.91 Å². The number of nitrogens with zero attached hydrogens (tertiary/aromatic N) is 3. The Hall–Kier alpha value is -2.15. The minimum absolute atomic E-state index is 0.0838. The van der Waals surface area contributed by atoms with Crippen molar-refractivity contribution in [3.05, 3.63) is 59.0 Å². The van der Waals surface area contributed by atoms with Crippen LogP contribution in [0.25, 0.3) is 0 Å². The largest absolute Gasteiger partial charge is 0.467 e. The summed E-state index contributed by atoms with van der Waals surface area (Å²) in [5.41, 5.74) is 1.77. The van der Waals surface area contributed by atoms with E-state index >= 15 is 0 Å². The van der Waals surface area contributed by atoms with Gasteiger partial charge < -0.3 is 9.52 Å². The fraction of sp³-hybridized carbons (Fsp3) is 0.429. The molecule has 2 aliphatic heterocycles. The molecule has 1 aromatic carbocycles. The van der Waals surface area contributed by atoms with Gasteiger partial charge in [-0.05, 0) is 56.1 Å². The zero-order chi connectivity index (χ0) is 19.7. The molecule has 0 spiro atoms. The second-order valence-corrected chi connectivity index (χ2v) is 7.88. The summed E-state index contributed by atoms with van der Waals surface area (Å²) < 4.78 is 5.60. The molecular formula is C21H24ClN3O3. The molecule has 1 N–H and O–H groups in total. The number of halogens is 1. The Morgan fingerprint density at radius 3 is 2.79 bits per heavy atom. The molecule has 0 saturated carbocycles. The van der Waals surface area contributed by atoms with E-state index in [-0.39, 0.29) is 24.1 Å². The van der Waals surface area contributed by atoms with Crippen LogP contribution in [-0.2, 0) is 4.79 Å². The number of furan rings is 1. The van der Waals surface area contributed by atoms with Crippen molar-refractivity contribution < 1.29 is 14.3 Å². The molecule has 0 radical (unpaired) electrons. The molecule has 3 atom stereocenters. The highest BCUT2D eigenvalue weighted by molar-refractivity contribution is 6.30. The number of β-amino-alcohol motifs (C(OH)–C–C–N with tert-alkyl or cyclic N) is 1. The van der Waals surface area contributed by atoms with Crippen LogP contribution in [0.2, 0.25) is 5.02 Å². The van der Waals surface area contributed by atoms with Gasteiger partial charge in [0, 0.05) is 18.0 Å². The summed E-state index contributed by atoms with van der Waals surface area (Å²) in [4.78, 5) is 15.4. The lowest BCUT2D eigenvalue weighted by molar-refractivity contribution is -0.139. The molecule has 4 rings (SSSR count). The highest BCUT2D eigenvalue weighted by Crippen LogP contribution is 2.34. The molecule has 3 unspecified atom stereocenters. The van der Waals surface area contributed by atoms with E-state index in [9.17, 15) is 9.90 Å². The number of aliphatic hydroxyl groups is 1. The van der Waals surface area contributed by atoms with E-state index < -0.39 is 0 Å². The van der Waals surface area contributed by atoms with Crippen molar-refractivity contribution in [1.29, 1.82) is 0 Å². The van der Waals surface area contributed by atoms with E-state index in [0.29, 0.717) is 23.7 Å². The van der Waals surface area contributed by atoms with Crippen LogP contribution in [0.4, 0.5) is 0 Å². The summed E-state index contributed by atoms with van der Waals surface area (Å²) in [7, 11) is 0. The lowest BCUT2D eigenvalue weighted by Crippen LogP contribution is -2.50. The third kappa shape index (κ3) is 3.85. The first-order valence-corrected chi connectivity index (χ1v) is 10.0. The Balaban J connectivity index is 1.60. The van der Waals surface area contributed by atoms with E-state index in [4.69, 9.17) is 16.0 Å². The van der Waals surface area contributed by atoms with Crippen LogP contribution >= 0.6 is 11.6 Å². The molecule has 1 fully saturated rings. The summed E-state index contributed by atoms with van der Waals surface area (Å²) in [5, 5.41) is 16.9. The highest BCUT2D eigenvalue weighted by Gasteiger charge is 2.38. The number of hydrogen-bond acceptors (Lipinski definition) is 5. The SMILES string of the molecule is CC(C(=O)N1N=C(c2ccc(Cl)cc2)CC1c1ccco1)N1CCCC(O)C1. The minimum Gasteiger partial charge on any atom is -0.467 e. The van der Waals surface area contributed by atoms with Crippen molar-refractivity contribution >= 4 is 23.2 Å². The number of benzene rings is 1. The molecule has 6 nitrogen and oxygen atoms in total. The molecule has 2 aliphatic rings. The Morgan fingerprint density at radius 2 is 2.11 bits per heavy atom. The van der Waals surface area contributed by atoms with Crippen LogP contribution in [0.3, 0.4) is 0 Å². The first-order valence-electron chi connectivity index (χ1n) is 9.65. The van der Waals surface area contributed by atoms with Crippen LogP contribution in [0, 0.1) is 0 Å². The van der Waals surface area contributed by atoms with Crippen molar-refractivity contribution in [3.8, 4) is 0 Å². The van der Waals surface area contributed by atoms with Gasteiger partial charge in [0.15, 0.2) is 0 Å². The number of aliphatic hydroxyl groups excluding tert-OH is 1. The van der Waals surface area contributed by atoms with Crippen molar-refractivity contribution in [2.45, 2.75) is 44.4 Å². The summed E-state index contributed by atoms with van der Waals surface area (Å²) in [6.07, 6.45) is 3.49. The minimum atomic E-state index is -0.378. The average Bonchev–Trinajstić information content (AvgIpc) is 3.37. The first kappa shape index (κ1) is 19.2. The monoisotopic (exact) mass is 401 g/mol. The Morgan fingerprint density at radius 1 is 1.32 bits per heavy atom. The Labute approximate surface area is 169 Å². The molecule has 3 heterocycles. The molecule has 1 saturated heterocycles. The second kappa shape index (κ2) is 8.07. The second-order valence-electron chi connectivity index (χ2n) is 7.44. The van der Waals surface area contributed by atoms with Crippen LogP contribution in [0.15, 0.2) is 52.2 Å². The number of likely N-dealkylation sites (tertiary alicyclic amines) is 1. The van der Waals surface area contributed by atoms with Crippen LogP contribution in [0.1, 0.15) is 43.6 Å². The number of amides is 1. The van der Waals surface area contributed by atoms with Gasteiger partial charge in [-0.15, -0.1) is 0 Å². The molecule has 0 aliphatic carbocycles. The Kier molecular flexibility index (Phi) is 5.53. The molecule has 1 aromatic heterocycles. The van der Waals surface area contributed by atoms with E-state index in [1.807, 2.05) is 48.2 Å². The Bertz CT molecular complexity index is 850. The highest BCUT2D eigenvalue weighted by atomic mass is 35.5. The van der Waals surface area contributed by atoms with Gasteiger partial charge in [-0.3, -0.25) is 9.69 Å². The molecule has 7 heteroatoms. The average molecular weight is 402 g/mol. The number of carbonyl (C=O) groups excluding carboxylic acids is 1. The van der Waals surface area contributed by atoms with Gasteiger partial charge in [-0.25, -0.2) is 5.01 Å². The summed E-state index contributed by atoms with van der Waals surface area (Å²) in [6, 6.07) is 10.5. The van der Waals surface area contributed by atoms with Crippen molar-refractivity contribution in [2.24, 2.45) is 5.10 Å². The molecule has 28 heavy (non-hydrogen) atoms. The lowest BCUT2D eigenvalue weighted by atomic mass is 10.0. The maximum atomic E-state index is 13.3. The molecule has 1 amide bonds. The molecule has 2 aromatic rings. The summed E-state index contributed by atoms with van der Waals surface area (Å²) in [6.45, 7) is 3.20. The standard InChI is InChI=1S/C21H24ClN3O3/c1-14(24-10-2-4-17(26)13-24)21(27)25-19(20-5-3-11-28-20)12-18(23-25)15-6-8-16(22)9-7-15/h3,5-9,11,14,17,19,26H,2,4,10,12-13H2,1H3. The van der Waals surface area contributed by atoms with E-state index in [0.717, 1.165) is 30.7 Å². The number of hydrazone groups is 1. The van der Waals surface area contributed by atoms with Gasteiger partial charge in [0.05, 0.1) is 24.1 Å². The number of rotatable bonds is 4. The topological polar surface area (TPSA) is 69.3 Å². The van der Waals surface area contributed by atoms with Crippen molar-refractivity contribution in [1.82, 2.24) is 9.91 Å². The molecule has 0 bridgehead atoms. The number of hydrogen-bond donors (Lipinski definition) is 1. The van der Waals surface area contributed by atoms with Crippen LogP contribution < -0.4 is 0 Å². The van der Waals surface area contributed by atoms with Gasteiger partial charge in [0.1, 0.15) is 11.8 Å². The summed E-state index contributed by atoms with van der Waals surface area (Å²) >= 11 is 6.00. The van der Waals surface area contributed by atoms with E-state index in [1.165, 1.54) is 0 Å². The van der Waals surface area contributed by atoms with Crippen molar-refractivity contribution in [2.75, 3.05) is 13.1 Å². The zero-order valence-electron chi connectivity index (χ0n) is 15.8. The predicted octanol–water partition coefficient (Wildman–Crippen LogP) is 3.46. The normalized spacial score (nSPS) is 24.2. The van der Waals surface area contributed by atoms with Crippen LogP contribution in [0.5, 0.6) is 0 Å². The first-order chi connectivity index (χ1) is 13.5. The van der Waals surface area contributed by atoms with Gasteiger partial charge in [0.2, 0.25) is 0 Å². The van der Waals surface area contributed by atoms with Crippen molar-refractivity contribution in [3.63, 3.8) is 0 Å². The summed E-state index contributed by atoms with van der Waals surface area (Å²) in [5.74, 6) is 0.631. The third-order valence-electron chi connectivity index (χ3n) is 5.52. The maximum Gasteiger partial charge on any atom is 0.260 e. The third-order valence-corrected chi connectivity index (χ3v) is 5.77. The fourth-order valence-electron chi connectivity index (χ4n) is 3.92. The molecule has 148 valence electrons. The quantitative estimate of drug-likeness (QED) is 0.851. The maximum absolute atomic E-state index is 13.3. The van der Waals surface area contributed by atoms with Gasteiger partial charge >= 0.3 is 0 Å². The van der Waals surface area contributed by atoms with Gasteiger partial charge in [-0.2, -0.15) is 5.10 Å².